The molecule has 0 bridgehead atoms. The summed E-state index contributed by atoms with van der Waals surface area (Å²) in [5.41, 5.74) is 1.07. The van der Waals surface area contributed by atoms with Crippen LogP contribution >= 0.6 is 0 Å². The molecule has 1 amide bonds. The Balaban J connectivity index is 1.81. The van der Waals surface area contributed by atoms with Gasteiger partial charge in [0.2, 0.25) is 0 Å². The maximum atomic E-state index is 15.0. The molecule has 178 valence electrons. The van der Waals surface area contributed by atoms with Crippen molar-refractivity contribution in [3.05, 3.63) is 76.1 Å². The lowest BCUT2D eigenvalue weighted by atomic mass is 9.96. The first-order valence-electron chi connectivity index (χ1n) is 11.0. The predicted octanol–water partition coefficient (Wildman–Crippen LogP) is 4.97. The maximum Gasteiger partial charge on any atom is 0.414 e. The summed E-state index contributed by atoms with van der Waals surface area (Å²) in [5.74, 6) is -3.20. The average molecular weight is 469 g/mol. The van der Waals surface area contributed by atoms with Gasteiger partial charge in [0, 0.05) is 42.3 Å². The molecule has 0 aliphatic carbocycles. The van der Waals surface area contributed by atoms with Crippen molar-refractivity contribution in [2.24, 2.45) is 7.05 Å². The first-order chi connectivity index (χ1) is 16.1. The van der Waals surface area contributed by atoms with Gasteiger partial charge in [0.15, 0.2) is 0 Å². The third-order valence-corrected chi connectivity index (χ3v) is 5.89. The van der Waals surface area contributed by atoms with Crippen LogP contribution in [0.5, 0.6) is 0 Å². The molecule has 1 unspecified atom stereocenters. The number of pyridine rings is 1. The number of fused-ring (bicyclic) bond motifs is 1. The number of carbonyl (C=O) groups excluding carboxylic acids is 1. The highest BCUT2D eigenvalue weighted by Crippen LogP contribution is 2.38. The Morgan fingerprint density at radius 3 is 2.62 bits per heavy atom. The zero-order valence-corrected chi connectivity index (χ0v) is 19.2. The van der Waals surface area contributed by atoms with Crippen LogP contribution in [0.1, 0.15) is 25.8 Å². The van der Waals surface area contributed by atoms with Gasteiger partial charge in [0.05, 0.1) is 12.2 Å². The summed E-state index contributed by atoms with van der Waals surface area (Å²) in [6, 6.07) is 12.9. The Bertz CT molecular complexity index is 1340. The van der Waals surface area contributed by atoms with Gasteiger partial charge in [-0.1, -0.05) is 35.9 Å². The van der Waals surface area contributed by atoms with E-state index in [2.05, 4.69) is 0 Å². The number of alkyl halides is 2. The van der Waals surface area contributed by atoms with E-state index in [-0.39, 0.29) is 29.8 Å². The number of amides is 1. The van der Waals surface area contributed by atoms with E-state index in [4.69, 9.17) is 9.84 Å². The summed E-state index contributed by atoms with van der Waals surface area (Å²) in [6.45, 7) is 3.40. The second kappa shape index (κ2) is 9.02. The Morgan fingerprint density at radius 1 is 1.18 bits per heavy atom. The quantitative estimate of drug-likeness (QED) is 0.519. The molecule has 2 aromatic carbocycles. The smallest absolute Gasteiger partial charge is 0.414 e. The van der Waals surface area contributed by atoms with E-state index in [9.17, 15) is 9.59 Å². The van der Waals surface area contributed by atoms with Gasteiger partial charge in [-0.25, -0.2) is 4.79 Å². The highest BCUT2D eigenvalue weighted by Gasteiger charge is 2.33. The molecule has 0 spiro atoms. The van der Waals surface area contributed by atoms with Crippen molar-refractivity contribution in [2.75, 3.05) is 18.1 Å². The lowest BCUT2D eigenvalue weighted by Gasteiger charge is -2.20. The molecular formula is C26H26F2N2O4. The zero-order chi connectivity index (χ0) is 24.6. The number of anilines is 1. The molecule has 1 aromatic heterocycles. The lowest BCUT2D eigenvalue weighted by molar-refractivity contribution is 0.0518. The average Bonchev–Trinajstić information content (AvgIpc) is 3.15. The number of halogens is 2. The van der Waals surface area contributed by atoms with Crippen LogP contribution in [0.4, 0.5) is 19.3 Å². The molecule has 1 fully saturated rings. The maximum absolute atomic E-state index is 15.0. The van der Waals surface area contributed by atoms with E-state index in [0.29, 0.717) is 34.1 Å². The molecule has 0 saturated carbocycles. The molecule has 34 heavy (non-hydrogen) atoms. The first-order valence-corrected chi connectivity index (χ1v) is 11.0. The van der Waals surface area contributed by atoms with Gasteiger partial charge >= 0.3 is 6.09 Å². The minimum Gasteiger partial charge on any atom is -0.444 e. The number of aliphatic hydroxyl groups excluding tert-OH is 1. The largest absolute Gasteiger partial charge is 0.444 e. The van der Waals surface area contributed by atoms with E-state index in [1.165, 1.54) is 15.5 Å². The summed E-state index contributed by atoms with van der Waals surface area (Å²) in [6.07, 6.45) is 0.285. The van der Waals surface area contributed by atoms with Crippen molar-refractivity contribution < 1.29 is 23.4 Å². The van der Waals surface area contributed by atoms with E-state index < -0.39 is 18.1 Å². The second-order valence-corrected chi connectivity index (χ2v) is 8.68. The molecule has 3 aromatic rings. The summed E-state index contributed by atoms with van der Waals surface area (Å²) in [5, 5.41) is 10.0. The highest BCUT2D eigenvalue weighted by molar-refractivity contribution is 5.95. The fourth-order valence-corrected chi connectivity index (χ4v) is 4.28. The second-order valence-electron chi connectivity index (χ2n) is 8.68. The number of carbonyl (C=O) groups is 1. The summed E-state index contributed by atoms with van der Waals surface area (Å²) >= 11 is 0. The summed E-state index contributed by atoms with van der Waals surface area (Å²) in [7, 11) is 1.54. The fraction of sp³-hybridized carbons (Fsp3) is 0.308. The number of nitrogens with zero attached hydrogens (tertiary/aromatic N) is 2. The number of cyclic esters (lactones) is 1. The van der Waals surface area contributed by atoms with Gasteiger partial charge in [-0.2, -0.15) is 8.78 Å². The molecule has 2 heterocycles. The standard InChI is InChI=1S/C26H26F2N2O4/c1-16(2)14-26(27,28)22-7-5-4-6-20(22)23-12-17-8-9-18(13-21(17)24(32)29(23)3)30-15-19(10-11-31)34-25(30)33/h4-9,12-14,19,31H,10-11,15H2,1-3H3. The van der Waals surface area contributed by atoms with Crippen LogP contribution in [0.3, 0.4) is 0 Å². The van der Waals surface area contributed by atoms with E-state index in [1.54, 1.807) is 63.4 Å². The molecule has 1 saturated heterocycles. The summed E-state index contributed by atoms with van der Waals surface area (Å²) in [4.78, 5) is 26.9. The molecule has 0 radical (unpaired) electrons. The Labute approximate surface area is 195 Å². The van der Waals surface area contributed by atoms with Gasteiger partial charge in [0.25, 0.3) is 11.5 Å². The predicted molar refractivity (Wildman–Crippen MR) is 127 cm³/mol. The number of rotatable bonds is 6. The molecule has 4 rings (SSSR count). The van der Waals surface area contributed by atoms with Crippen molar-refractivity contribution in [1.29, 1.82) is 0 Å². The van der Waals surface area contributed by atoms with Gasteiger partial charge in [-0.05, 0) is 43.5 Å². The minimum atomic E-state index is -3.20. The Hall–Kier alpha value is -3.52. The van der Waals surface area contributed by atoms with Crippen molar-refractivity contribution in [2.45, 2.75) is 32.3 Å². The monoisotopic (exact) mass is 468 g/mol. The molecule has 1 atom stereocenters. The van der Waals surface area contributed by atoms with Crippen LogP contribution in [-0.2, 0) is 17.7 Å². The van der Waals surface area contributed by atoms with Crippen LogP contribution in [-0.4, -0.2) is 35.0 Å². The third-order valence-electron chi connectivity index (χ3n) is 5.89. The normalized spacial score (nSPS) is 16.1. The van der Waals surface area contributed by atoms with Crippen LogP contribution < -0.4 is 10.5 Å². The number of aliphatic hydroxyl groups is 1. The van der Waals surface area contributed by atoms with Crippen molar-refractivity contribution >= 4 is 22.6 Å². The molecule has 1 aliphatic rings. The molecular weight excluding hydrogens is 442 g/mol. The fourth-order valence-electron chi connectivity index (χ4n) is 4.28. The zero-order valence-electron chi connectivity index (χ0n) is 19.2. The SMILES string of the molecule is CC(C)=CC(F)(F)c1ccccc1-c1cc2ccc(N3CC(CCO)OC3=O)cc2c(=O)n1C. The Morgan fingerprint density at radius 2 is 1.91 bits per heavy atom. The number of benzene rings is 2. The van der Waals surface area contributed by atoms with Gasteiger partial charge in [0.1, 0.15) is 6.10 Å². The van der Waals surface area contributed by atoms with Gasteiger partial charge < -0.3 is 14.4 Å². The van der Waals surface area contributed by atoms with E-state index in [1.807, 2.05) is 0 Å². The van der Waals surface area contributed by atoms with Gasteiger partial charge in [-0.15, -0.1) is 0 Å². The number of hydrogen-bond acceptors (Lipinski definition) is 4. The summed E-state index contributed by atoms with van der Waals surface area (Å²) < 4.78 is 36.6. The van der Waals surface area contributed by atoms with Crippen LogP contribution in [0.2, 0.25) is 0 Å². The van der Waals surface area contributed by atoms with Crippen molar-refractivity contribution in [3.8, 4) is 11.3 Å². The van der Waals surface area contributed by atoms with Crippen molar-refractivity contribution in [3.63, 3.8) is 0 Å². The third kappa shape index (κ3) is 4.33. The van der Waals surface area contributed by atoms with Crippen molar-refractivity contribution in [1.82, 2.24) is 4.57 Å². The van der Waals surface area contributed by atoms with E-state index in [0.717, 1.165) is 6.08 Å². The minimum absolute atomic E-state index is 0.0963. The Kier molecular flexibility index (Phi) is 6.27. The molecule has 1 N–H and O–H groups in total. The number of allylic oxidation sites excluding steroid dienone is 2. The topological polar surface area (TPSA) is 71.8 Å². The van der Waals surface area contributed by atoms with Crippen LogP contribution in [0.25, 0.3) is 22.0 Å². The van der Waals surface area contributed by atoms with Crippen LogP contribution in [0, 0.1) is 0 Å². The molecule has 8 heteroatoms. The number of hydrogen-bond donors (Lipinski definition) is 1. The number of ether oxygens (including phenoxy) is 1. The number of aromatic nitrogens is 1. The van der Waals surface area contributed by atoms with Gasteiger partial charge in [-0.3, -0.25) is 9.69 Å². The van der Waals surface area contributed by atoms with E-state index >= 15 is 8.78 Å². The highest BCUT2D eigenvalue weighted by atomic mass is 19.3. The molecule has 6 nitrogen and oxygen atoms in total. The lowest BCUT2D eigenvalue weighted by Crippen LogP contribution is -2.25. The molecule has 1 aliphatic heterocycles. The van der Waals surface area contributed by atoms with Crippen LogP contribution in [0.15, 0.2) is 65.0 Å². The first kappa shape index (κ1) is 23.6.